The van der Waals surface area contributed by atoms with Gasteiger partial charge in [-0.2, -0.15) is 0 Å². The molecular weight excluding hydrogens is 557 g/mol. The maximum absolute atomic E-state index is 14.0. The molecule has 0 aliphatic heterocycles. The molecule has 1 aliphatic carbocycles. The highest BCUT2D eigenvalue weighted by Crippen LogP contribution is 2.27. The maximum Gasteiger partial charge on any atom is 0.264 e. The third-order valence-corrected chi connectivity index (χ3v) is 9.22. The van der Waals surface area contributed by atoms with Gasteiger partial charge in [-0.15, -0.1) is 0 Å². The summed E-state index contributed by atoms with van der Waals surface area (Å²) in [4.78, 5) is 28.6. The van der Waals surface area contributed by atoms with E-state index < -0.39 is 34.3 Å². The summed E-state index contributed by atoms with van der Waals surface area (Å²) in [5.74, 6) is -0.861. The zero-order valence-electron chi connectivity index (χ0n) is 24.0. The smallest absolute Gasteiger partial charge is 0.264 e. The molecule has 0 unspecified atom stereocenters. The summed E-state index contributed by atoms with van der Waals surface area (Å²) in [6.07, 6.45) is 5.03. The Morgan fingerprint density at radius 3 is 2.21 bits per heavy atom. The van der Waals surface area contributed by atoms with E-state index in [0.29, 0.717) is 12.4 Å². The van der Waals surface area contributed by atoms with Gasteiger partial charge in [0.25, 0.3) is 10.0 Å². The molecule has 2 amide bonds. The molecule has 0 spiro atoms. The van der Waals surface area contributed by atoms with Gasteiger partial charge in [-0.05, 0) is 80.8 Å². The van der Waals surface area contributed by atoms with Crippen LogP contribution >= 0.6 is 0 Å². The molecule has 3 aromatic carbocycles. The second-order valence-electron chi connectivity index (χ2n) is 10.4. The zero-order valence-corrected chi connectivity index (χ0v) is 24.9. The summed E-state index contributed by atoms with van der Waals surface area (Å²) in [7, 11) is -4.29. The molecule has 42 heavy (non-hydrogen) atoms. The van der Waals surface area contributed by atoms with Crippen molar-refractivity contribution in [3.8, 4) is 5.75 Å². The van der Waals surface area contributed by atoms with Crippen molar-refractivity contribution >= 4 is 27.5 Å². The van der Waals surface area contributed by atoms with E-state index in [1.54, 1.807) is 31.2 Å². The number of amides is 2. The molecule has 1 fully saturated rings. The van der Waals surface area contributed by atoms with Gasteiger partial charge in [0.2, 0.25) is 11.8 Å². The number of nitrogens with zero attached hydrogens (tertiary/aromatic N) is 2. The molecule has 0 aromatic heterocycles. The monoisotopic (exact) mass is 595 g/mol. The average Bonchev–Trinajstić information content (AvgIpc) is 3.00. The van der Waals surface area contributed by atoms with Gasteiger partial charge >= 0.3 is 0 Å². The van der Waals surface area contributed by atoms with Crippen LogP contribution in [0.15, 0.2) is 83.8 Å². The van der Waals surface area contributed by atoms with E-state index in [-0.39, 0.29) is 29.1 Å². The molecular formula is C32H38FN3O5S. The molecule has 0 radical (unpaired) electrons. The zero-order chi connectivity index (χ0) is 30.1. The van der Waals surface area contributed by atoms with Crippen LogP contribution in [0.3, 0.4) is 0 Å². The molecule has 10 heteroatoms. The van der Waals surface area contributed by atoms with Crippen LogP contribution in [0.4, 0.5) is 10.1 Å². The topological polar surface area (TPSA) is 96.0 Å². The van der Waals surface area contributed by atoms with Crippen molar-refractivity contribution in [1.82, 2.24) is 10.2 Å². The van der Waals surface area contributed by atoms with Gasteiger partial charge < -0.3 is 15.0 Å². The van der Waals surface area contributed by atoms with Crippen LogP contribution in [0.2, 0.25) is 0 Å². The standard InChI is InChI=1S/C32H38FN3O5S/c1-3-41-29-18-16-28(17-19-29)36(42(39,40)30-20-14-26(33)15-21-30)23-31(37)35(22-25-10-6-4-7-11-25)24(2)32(38)34-27-12-8-5-9-13-27/h4,6-7,10-11,14-21,24,27H,3,5,8-9,12-13,22-23H2,1-2H3,(H,34,38)/t24-/m1/s1. The number of rotatable bonds is 12. The number of nitrogens with one attached hydrogen (secondary N) is 1. The highest BCUT2D eigenvalue weighted by molar-refractivity contribution is 7.92. The number of carbonyl (C=O) groups is 2. The van der Waals surface area contributed by atoms with E-state index in [2.05, 4.69) is 5.32 Å². The summed E-state index contributed by atoms with van der Waals surface area (Å²) >= 11 is 0. The van der Waals surface area contributed by atoms with Crippen molar-refractivity contribution in [1.29, 1.82) is 0 Å². The molecule has 1 N–H and O–H groups in total. The molecule has 1 atom stereocenters. The van der Waals surface area contributed by atoms with Gasteiger partial charge in [0.05, 0.1) is 17.2 Å². The number of sulfonamides is 1. The van der Waals surface area contributed by atoms with Gasteiger partial charge in [0.1, 0.15) is 24.2 Å². The molecule has 1 saturated carbocycles. The quantitative estimate of drug-likeness (QED) is 0.307. The van der Waals surface area contributed by atoms with E-state index in [1.807, 2.05) is 37.3 Å². The third-order valence-electron chi connectivity index (χ3n) is 7.43. The lowest BCUT2D eigenvalue weighted by molar-refractivity contribution is -0.139. The van der Waals surface area contributed by atoms with Gasteiger partial charge in [0, 0.05) is 12.6 Å². The molecule has 1 aliphatic rings. The molecule has 4 rings (SSSR count). The predicted molar refractivity (Wildman–Crippen MR) is 160 cm³/mol. The number of anilines is 1. The second-order valence-corrected chi connectivity index (χ2v) is 12.3. The van der Waals surface area contributed by atoms with E-state index >= 15 is 0 Å². The van der Waals surface area contributed by atoms with Crippen molar-refractivity contribution in [2.45, 2.75) is 69.5 Å². The number of hydrogen-bond donors (Lipinski definition) is 1. The Morgan fingerprint density at radius 2 is 1.60 bits per heavy atom. The van der Waals surface area contributed by atoms with Crippen molar-refractivity contribution < 1.29 is 27.1 Å². The van der Waals surface area contributed by atoms with Crippen molar-refractivity contribution in [2.24, 2.45) is 0 Å². The molecule has 0 bridgehead atoms. The number of benzene rings is 3. The first-order valence-electron chi connectivity index (χ1n) is 14.3. The Morgan fingerprint density at radius 1 is 0.952 bits per heavy atom. The van der Waals surface area contributed by atoms with Crippen molar-refractivity contribution in [2.75, 3.05) is 17.5 Å². The summed E-state index contributed by atoms with van der Waals surface area (Å²) in [5, 5.41) is 3.09. The number of ether oxygens (including phenoxy) is 1. The van der Waals surface area contributed by atoms with E-state index in [9.17, 15) is 22.4 Å². The maximum atomic E-state index is 14.0. The first kappa shape index (κ1) is 31.0. The Hall–Kier alpha value is -3.92. The van der Waals surface area contributed by atoms with Crippen LogP contribution in [0.1, 0.15) is 51.5 Å². The van der Waals surface area contributed by atoms with Gasteiger partial charge in [-0.25, -0.2) is 12.8 Å². The van der Waals surface area contributed by atoms with Crippen LogP contribution in [-0.2, 0) is 26.2 Å². The predicted octanol–water partition coefficient (Wildman–Crippen LogP) is 5.29. The van der Waals surface area contributed by atoms with Crippen molar-refractivity contribution in [3.63, 3.8) is 0 Å². The number of carbonyl (C=O) groups excluding carboxylic acids is 2. The minimum absolute atomic E-state index is 0.0570. The summed E-state index contributed by atoms with van der Waals surface area (Å²) in [6, 6.07) is 19.3. The highest BCUT2D eigenvalue weighted by atomic mass is 32.2. The van der Waals surface area contributed by atoms with Crippen LogP contribution in [0.25, 0.3) is 0 Å². The fraction of sp³-hybridized carbons (Fsp3) is 0.375. The Bertz CT molecular complexity index is 1430. The second kappa shape index (κ2) is 14.3. The van der Waals surface area contributed by atoms with Crippen LogP contribution in [0.5, 0.6) is 5.75 Å². The fourth-order valence-electron chi connectivity index (χ4n) is 5.07. The summed E-state index contributed by atoms with van der Waals surface area (Å²) in [5.41, 5.74) is 1.03. The van der Waals surface area contributed by atoms with E-state index in [0.717, 1.165) is 54.1 Å². The largest absolute Gasteiger partial charge is 0.494 e. The van der Waals surface area contributed by atoms with Crippen LogP contribution in [-0.4, -0.2) is 50.4 Å². The SMILES string of the molecule is CCOc1ccc(N(CC(=O)N(Cc2ccccc2)[C@H](C)C(=O)NC2CCCCC2)S(=O)(=O)c2ccc(F)cc2)cc1. The first-order valence-corrected chi connectivity index (χ1v) is 15.8. The van der Waals surface area contributed by atoms with Crippen LogP contribution in [0, 0.1) is 5.82 Å². The lowest BCUT2D eigenvalue weighted by Crippen LogP contribution is -2.53. The summed E-state index contributed by atoms with van der Waals surface area (Å²) < 4.78 is 47.9. The molecule has 3 aromatic rings. The Labute approximate surface area is 247 Å². The van der Waals surface area contributed by atoms with E-state index in [1.165, 1.54) is 17.0 Å². The third kappa shape index (κ3) is 7.88. The minimum Gasteiger partial charge on any atom is -0.494 e. The highest BCUT2D eigenvalue weighted by Gasteiger charge is 2.33. The lowest BCUT2D eigenvalue weighted by Gasteiger charge is -2.33. The molecule has 224 valence electrons. The number of halogens is 1. The van der Waals surface area contributed by atoms with Crippen LogP contribution < -0.4 is 14.4 Å². The number of hydrogen-bond acceptors (Lipinski definition) is 5. The van der Waals surface area contributed by atoms with Gasteiger partial charge in [-0.1, -0.05) is 49.6 Å². The Kier molecular flexibility index (Phi) is 10.6. The Balaban J connectivity index is 1.66. The van der Waals surface area contributed by atoms with Crippen molar-refractivity contribution in [3.05, 3.63) is 90.2 Å². The minimum atomic E-state index is -4.29. The fourth-order valence-corrected chi connectivity index (χ4v) is 6.48. The van der Waals surface area contributed by atoms with Gasteiger partial charge in [-0.3, -0.25) is 13.9 Å². The molecule has 0 heterocycles. The molecule has 0 saturated heterocycles. The average molecular weight is 596 g/mol. The van der Waals surface area contributed by atoms with E-state index in [4.69, 9.17) is 4.74 Å². The normalized spacial score (nSPS) is 14.5. The first-order chi connectivity index (χ1) is 20.2. The van der Waals surface area contributed by atoms with Gasteiger partial charge in [0.15, 0.2) is 0 Å². The lowest BCUT2D eigenvalue weighted by atomic mass is 9.95. The molecule has 8 nitrogen and oxygen atoms in total. The summed E-state index contributed by atoms with van der Waals surface area (Å²) in [6.45, 7) is 3.48.